The Labute approximate surface area is 329 Å². The van der Waals surface area contributed by atoms with E-state index in [1.54, 1.807) is 0 Å². The summed E-state index contributed by atoms with van der Waals surface area (Å²) >= 11 is 0. The zero-order chi connectivity index (χ0) is 39.8. The molecule has 11 heteroatoms. The Hall–Kier alpha value is -1.34. The van der Waals surface area contributed by atoms with E-state index < -0.39 is 30.7 Å². The molecule has 4 N–H and O–H groups in total. The lowest BCUT2D eigenvalue weighted by atomic mass is 9.97. The minimum Gasteiger partial charge on any atom is -0.466 e. The van der Waals surface area contributed by atoms with Crippen molar-refractivity contribution < 1.29 is 49.0 Å². The number of ether oxygens (including phenoxy) is 4. The quantitative estimate of drug-likeness (QED) is 0.0370. The Morgan fingerprint density at radius 3 is 1.46 bits per heavy atom. The summed E-state index contributed by atoms with van der Waals surface area (Å²) < 4.78 is 22.3. The molecule has 0 aromatic carbocycles. The zero-order valence-electron chi connectivity index (χ0n) is 34.9. The van der Waals surface area contributed by atoms with Crippen LogP contribution >= 0.6 is 0 Å². The van der Waals surface area contributed by atoms with Gasteiger partial charge in [0.25, 0.3) is 0 Å². The minimum atomic E-state index is -1.40. The lowest BCUT2D eigenvalue weighted by molar-refractivity contribution is -0.298. The molecule has 0 bridgehead atoms. The first-order chi connectivity index (χ1) is 26.0. The van der Waals surface area contributed by atoms with E-state index in [1.807, 2.05) is 0 Å². The predicted octanol–water partition coefficient (Wildman–Crippen LogP) is 7.48. The first kappa shape index (κ1) is 50.7. The molecule has 0 spiro atoms. The predicted molar refractivity (Wildman–Crippen MR) is 214 cm³/mol. The van der Waals surface area contributed by atoms with Crippen molar-refractivity contribution in [2.24, 2.45) is 11.8 Å². The lowest BCUT2D eigenvalue weighted by Crippen LogP contribution is -2.58. The average molecular weight is 774 g/mol. The summed E-state index contributed by atoms with van der Waals surface area (Å²) in [6.07, 6.45) is 16.4. The molecule has 11 nitrogen and oxygen atoms in total. The number of carbonyl (C=O) groups is 2. The molecular formula is C43H83NO10. The van der Waals surface area contributed by atoms with Crippen molar-refractivity contribution in [2.75, 3.05) is 46.1 Å². The number of esters is 2. The molecule has 1 aliphatic rings. The van der Waals surface area contributed by atoms with Crippen molar-refractivity contribution in [2.45, 2.75) is 206 Å². The molecule has 0 aliphatic carbocycles. The third-order valence-electron chi connectivity index (χ3n) is 10.3. The highest BCUT2D eigenvalue weighted by molar-refractivity contribution is 5.69. The van der Waals surface area contributed by atoms with E-state index in [-0.39, 0.29) is 25.0 Å². The number of unbranched alkanes of at least 4 members (excludes halogenated alkanes) is 13. The summed E-state index contributed by atoms with van der Waals surface area (Å²) in [6.45, 7) is 12.9. The van der Waals surface area contributed by atoms with Crippen LogP contribution in [0.25, 0.3) is 0 Å². The number of aliphatic hydroxyl groups excluding tert-OH is 4. The largest absolute Gasteiger partial charge is 0.466 e. The highest BCUT2D eigenvalue weighted by atomic mass is 16.7. The zero-order valence-corrected chi connectivity index (χ0v) is 34.9. The van der Waals surface area contributed by atoms with Gasteiger partial charge in [-0.2, -0.15) is 0 Å². The van der Waals surface area contributed by atoms with Gasteiger partial charge in [0.15, 0.2) is 6.29 Å². The van der Waals surface area contributed by atoms with Gasteiger partial charge < -0.3 is 44.3 Å². The molecule has 1 fully saturated rings. The average Bonchev–Trinajstić information content (AvgIpc) is 3.13. The number of nitrogens with zero attached hydrogens (tertiary/aromatic N) is 1. The highest BCUT2D eigenvalue weighted by Crippen LogP contribution is 2.24. The van der Waals surface area contributed by atoms with E-state index in [0.717, 1.165) is 109 Å². The second-order valence-electron chi connectivity index (χ2n) is 16.4. The molecule has 0 amide bonds. The Morgan fingerprint density at radius 2 is 0.981 bits per heavy atom. The molecule has 0 saturated carbocycles. The van der Waals surface area contributed by atoms with E-state index in [0.29, 0.717) is 32.7 Å². The van der Waals surface area contributed by atoms with E-state index in [1.165, 1.54) is 51.4 Å². The number of hydrogen-bond donors (Lipinski definition) is 4. The van der Waals surface area contributed by atoms with Crippen LogP contribution in [0.15, 0.2) is 0 Å². The topological polar surface area (TPSA) is 155 Å². The van der Waals surface area contributed by atoms with Gasteiger partial charge in [0, 0.05) is 26.1 Å². The minimum absolute atomic E-state index is 0.0981. The molecule has 2 unspecified atom stereocenters. The van der Waals surface area contributed by atoms with Gasteiger partial charge in [0.1, 0.15) is 18.3 Å². The van der Waals surface area contributed by atoms with Crippen molar-refractivity contribution in [3.05, 3.63) is 0 Å². The van der Waals surface area contributed by atoms with Gasteiger partial charge in [-0.15, -0.1) is 0 Å². The van der Waals surface area contributed by atoms with Crippen molar-refractivity contribution in [3.63, 3.8) is 0 Å². The van der Waals surface area contributed by atoms with Gasteiger partial charge in [-0.1, -0.05) is 105 Å². The highest BCUT2D eigenvalue weighted by Gasteiger charge is 2.43. The molecule has 1 rings (SSSR count). The third-order valence-corrected chi connectivity index (χ3v) is 10.3. The normalized spacial score (nSPS) is 20.3. The maximum absolute atomic E-state index is 12.2. The molecule has 0 aromatic heterocycles. The Kier molecular flexibility index (Phi) is 31.7. The summed E-state index contributed by atoms with van der Waals surface area (Å²) in [4.78, 5) is 26.9. The van der Waals surface area contributed by atoms with Crippen molar-refractivity contribution in [1.29, 1.82) is 0 Å². The smallest absolute Gasteiger partial charge is 0.305 e. The number of aliphatic hydroxyl groups is 4. The van der Waals surface area contributed by atoms with Crippen LogP contribution in [0.5, 0.6) is 0 Å². The van der Waals surface area contributed by atoms with Crippen molar-refractivity contribution >= 4 is 11.9 Å². The molecule has 1 saturated heterocycles. The van der Waals surface area contributed by atoms with Gasteiger partial charge in [0.05, 0.1) is 19.3 Å². The third kappa shape index (κ3) is 27.3. The maximum Gasteiger partial charge on any atom is 0.305 e. The van der Waals surface area contributed by atoms with E-state index in [9.17, 15) is 30.0 Å². The number of rotatable bonds is 36. The lowest BCUT2D eigenvalue weighted by Gasteiger charge is -2.40. The van der Waals surface area contributed by atoms with Gasteiger partial charge in [-0.05, 0) is 89.3 Å². The standard InChI is InChI=1S/C43H83NO10/c1-35(2)23-13-7-5-9-20-32-51-38(46)25-15-11-17-28-44(29-18-12-16-26-39(47)52-33-21-10-6-8-14-24-36(3)4)30-19-22-34-53-43-42(50)41(49)40(48)37(54-43)27-31-45/h35-37,40-43,45,48-50H,5-34H2,1-4H3/t37-,40?,41+,42+,43?/m1/s1. The number of carbonyl (C=O) groups excluding carboxylic acids is 2. The van der Waals surface area contributed by atoms with Crippen LogP contribution in [0.4, 0.5) is 0 Å². The monoisotopic (exact) mass is 774 g/mol. The fourth-order valence-corrected chi connectivity index (χ4v) is 6.84. The van der Waals surface area contributed by atoms with Gasteiger partial charge in [-0.3, -0.25) is 9.59 Å². The van der Waals surface area contributed by atoms with Crippen LogP contribution in [0.2, 0.25) is 0 Å². The Bertz CT molecular complexity index is 844. The first-order valence-electron chi connectivity index (χ1n) is 22.0. The Balaban J connectivity index is 2.34. The SMILES string of the molecule is CC(C)CCCCCCCOC(=O)CCCCCN(CCCCCC(=O)OCCCCCCCC(C)C)CCCCOC1O[C@H](CCO)C(O)[C@H](O)[C@@H]1O. The fourth-order valence-electron chi connectivity index (χ4n) is 6.84. The second kappa shape index (κ2) is 33.8. The molecule has 320 valence electrons. The van der Waals surface area contributed by atoms with Crippen LogP contribution < -0.4 is 0 Å². The maximum atomic E-state index is 12.2. The van der Waals surface area contributed by atoms with Crippen LogP contribution in [-0.2, 0) is 28.5 Å². The number of hydrogen-bond acceptors (Lipinski definition) is 11. The summed E-state index contributed by atoms with van der Waals surface area (Å²) in [5, 5.41) is 39.8. The van der Waals surface area contributed by atoms with Crippen molar-refractivity contribution in [3.8, 4) is 0 Å². The first-order valence-corrected chi connectivity index (χ1v) is 22.0. The van der Waals surface area contributed by atoms with E-state index >= 15 is 0 Å². The summed E-state index contributed by atoms with van der Waals surface area (Å²) in [5.41, 5.74) is 0. The van der Waals surface area contributed by atoms with Crippen LogP contribution in [0, 0.1) is 11.8 Å². The van der Waals surface area contributed by atoms with Crippen LogP contribution in [0.3, 0.4) is 0 Å². The van der Waals surface area contributed by atoms with Crippen LogP contribution in [-0.4, -0.2) is 114 Å². The van der Waals surface area contributed by atoms with Gasteiger partial charge in [0.2, 0.25) is 0 Å². The van der Waals surface area contributed by atoms with Crippen molar-refractivity contribution in [1.82, 2.24) is 4.90 Å². The van der Waals surface area contributed by atoms with Crippen LogP contribution in [0.1, 0.15) is 175 Å². The van der Waals surface area contributed by atoms with E-state index in [4.69, 9.17) is 18.9 Å². The molecule has 0 aromatic rings. The second-order valence-corrected chi connectivity index (χ2v) is 16.4. The molecule has 54 heavy (non-hydrogen) atoms. The Morgan fingerprint density at radius 1 is 0.556 bits per heavy atom. The summed E-state index contributed by atoms with van der Waals surface area (Å²) in [7, 11) is 0. The van der Waals surface area contributed by atoms with Gasteiger partial charge in [-0.25, -0.2) is 0 Å². The fraction of sp³-hybridized carbons (Fsp3) is 0.953. The molecule has 0 radical (unpaired) electrons. The molecular weight excluding hydrogens is 690 g/mol. The summed E-state index contributed by atoms with van der Waals surface area (Å²) in [6, 6.07) is 0. The summed E-state index contributed by atoms with van der Waals surface area (Å²) in [5.74, 6) is 1.34. The molecule has 5 atom stereocenters. The molecule has 1 aliphatic heterocycles. The molecule has 1 heterocycles. The van der Waals surface area contributed by atoms with Gasteiger partial charge >= 0.3 is 11.9 Å². The van der Waals surface area contributed by atoms with E-state index in [2.05, 4.69) is 32.6 Å².